The lowest BCUT2D eigenvalue weighted by molar-refractivity contribution is -0.150. The number of halogens is 3. The van der Waals surface area contributed by atoms with E-state index in [1.54, 1.807) is 6.92 Å². The zero-order valence-electron chi connectivity index (χ0n) is 14.4. The number of benzene rings is 1. The summed E-state index contributed by atoms with van der Waals surface area (Å²) in [6.45, 7) is 1.59. The molecule has 1 aromatic rings. The standard InChI is InChI=1S/C16H16F3N3O5/c1-3-16(2)14(25)22(15(26)21-16)6-11(24)27-7-10(23)20-9-5-4-8(17)12(18)13(9)19/h4-5H,3,6-7H2,1-2H3,(H,20,23)(H,21,26)/t16-/m1/s1. The number of urea groups is 1. The lowest BCUT2D eigenvalue weighted by Gasteiger charge is -2.18. The van der Waals surface area contributed by atoms with E-state index in [-0.39, 0.29) is 0 Å². The predicted molar refractivity (Wildman–Crippen MR) is 84.8 cm³/mol. The lowest BCUT2D eigenvalue weighted by Crippen LogP contribution is -2.43. The van der Waals surface area contributed by atoms with Crippen molar-refractivity contribution in [3.63, 3.8) is 0 Å². The summed E-state index contributed by atoms with van der Waals surface area (Å²) < 4.78 is 44.0. The molecule has 8 nitrogen and oxygen atoms in total. The number of amides is 4. The van der Waals surface area contributed by atoms with Gasteiger partial charge in [0.2, 0.25) is 0 Å². The molecule has 0 saturated carbocycles. The molecule has 1 atom stereocenters. The van der Waals surface area contributed by atoms with Gasteiger partial charge in [-0.15, -0.1) is 0 Å². The fourth-order valence-corrected chi connectivity index (χ4v) is 2.26. The molecule has 146 valence electrons. The second-order valence-corrected chi connectivity index (χ2v) is 5.94. The van der Waals surface area contributed by atoms with Gasteiger partial charge in [-0.2, -0.15) is 0 Å². The number of nitrogens with zero attached hydrogens (tertiary/aromatic N) is 1. The Bertz CT molecular complexity index is 817. The Balaban J connectivity index is 1.89. The Kier molecular flexibility index (Phi) is 5.72. The van der Waals surface area contributed by atoms with E-state index in [0.29, 0.717) is 17.4 Å². The van der Waals surface area contributed by atoms with Crippen LogP contribution in [0.1, 0.15) is 20.3 Å². The Morgan fingerprint density at radius 1 is 1.22 bits per heavy atom. The first kappa shape index (κ1) is 20.2. The minimum Gasteiger partial charge on any atom is -0.454 e. The molecular formula is C16H16F3N3O5. The SMILES string of the molecule is CC[C@@]1(C)NC(=O)N(CC(=O)OCC(=O)Nc2ccc(F)c(F)c2F)C1=O. The zero-order chi connectivity index (χ0) is 20.4. The quantitative estimate of drug-likeness (QED) is 0.435. The van der Waals surface area contributed by atoms with Gasteiger partial charge in [-0.25, -0.2) is 18.0 Å². The van der Waals surface area contributed by atoms with Crippen LogP contribution in [0.3, 0.4) is 0 Å². The zero-order valence-corrected chi connectivity index (χ0v) is 14.4. The molecule has 1 saturated heterocycles. The average molecular weight is 387 g/mol. The van der Waals surface area contributed by atoms with Crippen molar-refractivity contribution >= 4 is 29.5 Å². The first-order valence-corrected chi connectivity index (χ1v) is 7.82. The first-order valence-electron chi connectivity index (χ1n) is 7.82. The molecule has 4 amide bonds. The van der Waals surface area contributed by atoms with Gasteiger partial charge in [-0.3, -0.25) is 19.3 Å². The maximum atomic E-state index is 13.5. The van der Waals surface area contributed by atoms with Crippen LogP contribution in [0, 0.1) is 17.5 Å². The highest BCUT2D eigenvalue weighted by Gasteiger charge is 2.47. The predicted octanol–water partition coefficient (Wildman–Crippen LogP) is 1.31. The molecule has 1 aromatic carbocycles. The average Bonchev–Trinajstić information content (AvgIpc) is 2.84. The smallest absolute Gasteiger partial charge is 0.326 e. The summed E-state index contributed by atoms with van der Waals surface area (Å²) in [5, 5.41) is 4.35. The molecule has 2 rings (SSSR count). The van der Waals surface area contributed by atoms with Gasteiger partial charge in [0.1, 0.15) is 12.1 Å². The second kappa shape index (κ2) is 7.64. The number of carbonyl (C=O) groups excluding carboxylic acids is 4. The van der Waals surface area contributed by atoms with Crippen molar-refractivity contribution in [1.29, 1.82) is 0 Å². The number of esters is 1. The van der Waals surface area contributed by atoms with Gasteiger partial charge in [-0.05, 0) is 25.5 Å². The Morgan fingerprint density at radius 2 is 1.89 bits per heavy atom. The monoisotopic (exact) mass is 387 g/mol. The molecule has 0 aromatic heterocycles. The van der Waals surface area contributed by atoms with Crippen LogP contribution < -0.4 is 10.6 Å². The lowest BCUT2D eigenvalue weighted by atomic mass is 9.99. The summed E-state index contributed by atoms with van der Waals surface area (Å²) >= 11 is 0. The Labute approximate surface area is 151 Å². The summed E-state index contributed by atoms with van der Waals surface area (Å²) in [6, 6.07) is 0.642. The molecule has 2 N–H and O–H groups in total. The third kappa shape index (κ3) is 4.18. The summed E-state index contributed by atoms with van der Waals surface area (Å²) in [7, 11) is 0. The van der Waals surface area contributed by atoms with E-state index in [1.807, 2.05) is 5.32 Å². The van der Waals surface area contributed by atoms with E-state index >= 15 is 0 Å². The highest BCUT2D eigenvalue weighted by molar-refractivity contribution is 6.08. The summed E-state index contributed by atoms with van der Waals surface area (Å²) in [5.74, 6) is -7.48. The molecule has 0 spiro atoms. The molecule has 0 radical (unpaired) electrons. The van der Waals surface area contributed by atoms with Gasteiger partial charge < -0.3 is 15.4 Å². The Hall–Kier alpha value is -3.11. The van der Waals surface area contributed by atoms with E-state index in [0.717, 1.165) is 6.07 Å². The van der Waals surface area contributed by atoms with Gasteiger partial charge in [0.05, 0.1) is 5.69 Å². The number of carbonyl (C=O) groups is 4. The van der Waals surface area contributed by atoms with Crippen molar-refractivity contribution in [2.75, 3.05) is 18.5 Å². The third-order valence-corrected chi connectivity index (χ3v) is 4.01. The summed E-state index contributed by atoms with van der Waals surface area (Å²) in [6.07, 6.45) is 0.311. The first-order chi connectivity index (χ1) is 12.6. The second-order valence-electron chi connectivity index (χ2n) is 5.94. The normalized spacial score (nSPS) is 19.1. The van der Waals surface area contributed by atoms with Crippen molar-refractivity contribution in [3.8, 4) is 0 Å². The summed E-state index contributed by atoms with van der Waals surface area (Å²) in [4.78, 5) is 48.0. The summed E-state index contributed by atoms with van der Waals surface area (Å²) in [5.41, 5.74) is -1.76. The van der Waals surface area contributed by atoms with Gasteiger partial charge in [0, 0.05) is 0 Å². The Morgan fingerprint density at radius 3 is 2.48 bits per heavy atom. The van der Waals surface area contributed by atoms with Gasteiger partial charge >= 0.3 is 12.0 Å². The number of hydrogen-bond acceptors (Lipinski definition) is 5. The van der Waals surface area contributed by atoms with Crippen LogP contribution in [-0.2, 0) is 19.1 Å². The van der Waals surface area contributed by atoms with E-state index in [2.05, 4.69) is 10.1 Å². The van der Waals surface area contributed by atoms with Crippen LogP contribution in [0.2, 0.25) is 0 Å². The molecule has 0 unspecified atom stereocenters. The number of anilines is 1. The van der Waals surface area contributed by atoms with Gasteiger partial charge in [0.15, 0.2) is 24.1 Å². The van der Waals surface area contributed by atoms with E-state index in [9.17, 15) is 32.3 Å². The molecule has 1 aliphatic rings. The van der Waals surface area contributed by atoms with Crippen molar-refractivity contribution in [2.45, 2.75) is 25.8 Å². The van der Waals surface area contributed by atoms with Gasteiger partial charge in [0.25, 0.3) is 11.8 Å². The molecule has 27 heavy (non-hydrogen) atoms. The minimum absolute atomic E-state index is 0.311. The third-order valence-electron chi connectivity index (χ3n) is 4.01. The van der Waals surface area contributed by atoms with Crippen LogP contribution in [0.4, 0.5) is 23.7 Å². The van der Waals surface area contributed by atoms with Crippen LogP contribution >= 0.6 is 0 Å². The van der Waals surface area contributed by atoms with Crippen molar-refractivity contribution in [3.05, 3.63) is 29.6 Å². The molecule has 1 heterocycles. The highest BCUT2D eigenvalue weighted by Crippen LogP contribution is 2.21. The molecule has 1 fully saturated rings. The van der Waals surface area contributed by atoms with Crippen LogP contribution in [0.5, 0.6) is 0 Å². The number of rotatable bonds is 6. The number of nitrogens with one attached hydrogen (secondary N) is 2. The number of ether oxygens (including phenoxy) is 1. The molecule has 0 bridgehead atoms. The number of imide groups is 1. The molecular weight excluding hydrogens is 371 g/mol. The minimum atomic E-state index is -1.76. The molecule has 1 aliphatic heterocycles. The van der Waals surface area contributed by atoms with Crippen molar-refractivity contribution in [1.82, 2.24) is 10.2 Å². The largest absolute Gasteiger partial charge is 0.454 e. The topological polar surface area (TPSA) is 105 Å². The maximum absolute atomic E-state index is 13.5. The fraction of sp³-hybridized carbons (Fsp3) is 0.375. The molecule has 11 heteroatoms. The fourth-order valence-electron chi connectivity index (χ4n) is 2.26. The van der Waals surface area contributed by atoms with E-state index < -0.39 is 65.6 Å². The van der Waals surface area contributed by atoms with Crippen LogP contribution in [0.15, 0.2) is 12.1 Å². The van der Waals surface area contributed by atoms with Crippen LogP contribution in [-0.4, -0.2) is 47.4 Å². The number of hydrogen-bond donors (Lipinski definition) is 2. The van der Waals surface area contributed by atoms with Crippen molar-refractivity contribution in [2.24, 2.45) is 0 Å². The maximum Gasteiger partial charge on any atom is 0.326 e. The van der Waals surface area contributed by atoms with E-state index in [1.165, 1.54) is 6.92 Å². The van der Waals surface area contributed by atoms with E-state index in [4.69, 9.17) is 0 Å². The molecule has 0 aliphatic carbocycles. The van der Waals surface area contributed by atoms with Crippen LogP contribution in [0.25, 0.3) is 0 Å². The van der Waals surface area contributed by atoms with Crippen molar-refractivity contribution < 1.29 is 37.1 Å². The van der Waals surface area contributed by atoms with Gasteiger partial charge in [-0.1, -0.05) is 6.92 Å². The highest BCUT2D eigenvalue weighted by atomic mass is 19.2.